The van der Waals surface area contributed by atoms with Gasteiger partial charge in [0.2, 0.25) is 11.8 Å². The van der Waals surface area contributed by atoms with Gasteiger partial charge in [0.15, 0.2) is 0 Å². The number of hydrogen-bond donors (Lipinski definition) is 0. The Morgan fingerprint density at radius 1 is 1.26 bits per heavy atom. The normalized spacial score (nSPS) is 28.5. The van der Waals surface area contributed by atoms with E-state index in [1.165, 1.54) is 4.90 Å². The van der Waals surface area contributed by atoms with Crippen molar-refractivity contribution in [1.82, 2.24) is 4.90 Å². The summed E-state index contributed by atoms with van der Waals surface area (Å²) in [7, 11) is 0. The average molecular weight is 267 g/mol. The third-order valence-electron chi connectivity index (χ3n) is 4.35. The van der Waals surface area contributed by atoms with Gasteiger partial charge in [-0.3, -0.25) is 19.3 Å². The molecular weight excluding hydrogens is 246 g/mol. The van der Waals surface area contributed by atoms with Crippen molar-refractivity contribution < 1.29 is 19.1 Å². The highest BCUT2D eigenvalue weighted by Crippen LogP contribution is 2.38. The van der Waals surface area contributed by atoms with Crippen molar-refractivity contribution >= 4 is 17.8 Å². The molecule has 0 aliphatic carbocycles. The van der Waals surface area contributed by atoms with Gasteiger partial charge in [-0.2, -0.15) is 0 Å². The third-order valence-corrected chi connectivity index (χ3v) is 4.35. The van der Waals surface area contributed by atoms with Gasteiger partial charge in [-0.05, 0) is 26.2 Å². The molecule has 0 aromatic rings. The second-order valence-corrected chi connectivity index (χ2v) is 6.28. The number of ether oxygens (including phenoxy) is 1. The van der Waals surface area contributed by atoms with Gasteiger partial charge in [0, 0.05) is 12.3 Å². The molecular formula is C14H21NO4. The predicted octanol–water partition coefficient (Wildman–Crippen LogP) is 1.36. The number of imide groups is 1. The maximum absolute atomic E-state index is 12.4. The van der Waals surface area contributed by atoms with Gasteiger partial charge >= 0.3 is 5.97 Å². The summed E-state index contributed by atoms with van der Waals surface area (Å²) >= 11 is 0. The molecule has 0 saturated carbocycles. The predicted molar refractivity (Wildman–Crippen MR) is 67.9 cm³/mol. The molecule has 2 aliphatic rings. The third kappa shape index (κ3) is 2.15. The van der Waals surface area contributed by atoms with Crippen LogP contribution in [-0.4, -0.2) is 34.8 Å². The van der Waals surface area contributed by atoms with Crippen LogP contribution in [0.15, 0.2) is 0 Å². The second kappa shape index (κ2) is 4.62. The fourth-order valence-corrected chi connectivity index (χ4v) is 3.07. The Hall–Kier alpha value is -1.39. The summed E-state index contributed by atoms with van der Waals surface area (Å²) in [5.74, 6) is -1.17. The van der Waals surface area contributed by atoms with E-state index < -0.39 is 11.5 Å². The van der Waals surface area contributed by atoms with E-state index in [0.717, 1.165) is 0 Å². The zero-order valence-electron chi connectivity index (χ0n) is 11.9. The van der Waals surface area contributed by atoms with Crippen LogP contribution in [0.3, 0.4) is 0 Å². The molecule has 2 fully saturated rings. The summed E-state index contributed by atoms with van der Waals surface area (Å²) < 4.78 is 4.97. The molecule has 5 nitrogen and oxygen atoms in total. The van der Waals surface area contributed by atoms with Crippen molar-refractivity contribution in [3.05, 3.63) is 0 Å². The topological polar surface area (TPSA) is 63.7 Å². The van der Waals surface area contributed by atoms with E-state index >= 15 is 0 Å². The lowest BCUT2D eigenvalue weighted by Gasteiger charge is -2.37. The molecule has 0 N–H and O–H groups in total. The molecule has 106 valence electrons. The fraction of sp³-hybridized carbons (Fsp3) is 0.786. The van der Waals surface area contributed by atoms with E-state index in [1.807, 2.05) is 13.8 Å². The van der Waals surface area contributed by atoms with Crippen molar-refractivity contribution in [2.45, 2.75) is 46.1 Å². The lowest BCUT2D eigenvalue weighted by molar-refractivity contribution is -0.152. The van der Waals surface area contributed by atoms with E-state index in [0.29, 0.717) is 13.0 Å². The van der Waals surface area contributed by atoms with Gasteiger partial charge < -0.3 is 4.74 Å². The molecule has 0 aromatic carbocycles. The van der Waals surface area contributed by atoms with Gasteiger partial charge in [-0.1, -0.05) is 13.8 Å². The lowest BCUT2D eigenvalue weighted by atomic mass is 9.84. The molecule has 0 aromatic heterocycles. The Labute approximate surface area is 113 Å². The molecule has 19 heavy (non-hydrogen) atoms. The van der Waals surface area contributed by atoms with Gasteiger partial charge in [0.05, 0.1) is 18.1 Å². The monoisotopic (exact) mass is 267 g/mol. The van der Waals surface area contributed by atoms with E-state index in [1.54, 1.807) is 13.8 Å². The molecule has 0 spiro atoms. The molecule has 2 unspecified atom stereocenters. The second-order valence-electron chi connectivity index (χ2n) is 6.28. The summed E-state index contributed by atoms with van der Waals surface area (Å²) in [4.78, 5) is 37.6. The van der Waals surface area contributed by atoms with Gasteiger partial charge in [-0.15, -0.1) is 0 Å². The van der Waals surface area contributed by atoms with Crippen LogP contribution in [0.4, 0.5) is 0 Å². The SMILES string of the molecule is CC(C)C1CC(=O)N(C(C)(C)C2CCOC2=O)C1=O. The molecule has 2 saturated heterocycles. The van der Waals surface area contributed by atoms with Crippen molar-refractivity contribution in [3.8, 4) is 0 Å². The molecule has 2 heterocycles. The Bertz CT molecular complexity index is 427. The quantitative estimate of drug-likeness (QED) is 0.572. The first-order chi connectivity index (χ1) is 8.76. The van der Waals surface area contributed by atoms with Gasteiger partial charge in [0.25, 0.3) is 0 Å². The average Bonchev–Trinajstić information content (AvgIpc) is 2.83. The zero-order chi connectivity index (χ0) is 14.4. The number of hydrogen-bond acceptors (Lipinski definition) is 4. The standard InChI is InChI=1S/C14H21NO4/c1-8(2)9-7-11(16)15(12(9)17)14(3,4)10-5-6-19-13(10)18/h8-10H,5-7H2,1-4H3. The summed E-state index contributed by atoms with van der Waals surface area (Å²) in [5.41, 5.74) is -0.800. The Morgan fingerprint density at radius 3 is 2.32 bits per heavy atom. The Balaban J connectivity index is 2.27. The minimum atomic E-state index is -0.800. The van der Waals surface area contributed by atoms with Crippen LogP contribution in [0, 0.1) is 17.8 Å². The highest BCUT2D eigenvalue weighted by molar-refractivity contribution is 6.04. The zero-order valence-corrected chi connectivity index (χ0v) is 11.9. The summed E-state index contributed by atoms with van der Waals surface area (Å²) in [6.45, 7) is 7.81. The van der Waals surface area contributed by atoms with Crippen molar-refractivity contribution in [3.63, 3.8) is 0 Å². The molecule has 0 bridgehead atoms. The highest BCUT2D eigenvalue weighted by Gasteiger charge is 2.52. The smallest absolute Gasteiger partial charge is 0.311 e. The number of likely N-dealkylation sites (tertiary alicyclic amines) is 1. The largest absolute Gasteiger partial charge is 0.465 e. The number of rotatable bonds is 3. The van der Waals surface area contributed by atoms with E-state index in [9.17, 15) is 14.4 Å². The number of amides is 2. The van der Waals surface area contributed by atoms with Crippen LogP contribution in [0.1, 0.15) is 40.5 Å². The molecule has 0 radical (unpaired) electrons. The minimum absolute atomic E-state index is 0.132. The van der Waals surface area contributed by atoms with Crippen LogP contribution in [-0.2, 0) is 19.1 Å². The number of nitrogens with zero attached hydrogens (tertiary/aromatic N) is 1. The maximum Gasteiger partial charge on any atom is 0.311 e. The fourth-order valence-electron chi connectivity index (χ4n) is 3.07. The van der Waals surface area contributed by atoms with Gasteiger partial charge in [0.1, 0.15) is 0 Å². The highest BCUT2D eigenvalue weighted by atomic mass is 16.5. The Morgan fingerprint density at radius 2 is 1.89 bits per heavy atom. The minimum Gasteiger partial charge on any atom is -0.465 e. The lowest BCUT2D eigenvalue weighted by Crippen LogP contribution is -2.54. The van der Waals surface area contributed by atoms with Crippen molar-refractivity contribution in [2.75, 3.05) is 6.61 Å². The number of cyclic esters (lactones) is 1. The summed E-state index contributed by atoms with van der Waals surface area (Å²) in [6, 6.07) is 0. The van der Waals surface area contributed by atoms with E-state index in [2.05, 4.69) is 0 Å². The van der Waals surface area contributed by atoms with Crippen molar-refractivity contribution in [2.24, 2.45) is 17.8 Å². The molecule has 2 rings (SSSR count). The van der Waals surface area contributed by atoms with Crippen molar-refractivity contribution in [1.29, 1.82) is 0 Å². The number of carbonyl (C=O) groups excluding carboxylic acids is 3. The summed E-state index contributed by atoms with van der Waals surface area (Å²) in [5, 5.41) is 0. The molecule has 5 heteroatoms. The first-order valence-corrected chi connectivity index (χ1v) is 6.80. The van der Waals surface area contributed by atoms with Crippen LogP contribution in [0.2, 0.25) is 0 Å². The molecule has 2 atom stereocenters. The number of carbonyl (C=O) groups is 3. The van der Waals surface area contributed by atoms with Crippen LogP contribution < -0.4 is 0 Å². The van der Waals surface area contributed by atoms with Crippen LogP contribution in [0.25, 0.3) is 0 Å². The van der Waals surface area contributed by atoms with Crippen LogP contribution >= 0.6 is 0 Å². The Kier molecular flexibility index (Phi) is 3.41. The molecule has 2 aliphatic heterocycles. The van der Waals surface area contributed by atoms with Gasteiger partial charge in [-0.25, -0.2) is 0 Å². The maximum atomic E-state index is 12.4. The summed E-state index contributed by atoms with van der Waals surface area (Å²) in [6.07, 6.45) is 0.816. The first-order valence-electron chi connectivity index (χ1n) is 6.80. The first kappa shape index (κ1) is 14.0. The number of esters is 1. The van der Waals surface area contributed by atoms with E-state index in [-0.39, 0.29) is 36.0 Å². The molecule has 2 amide bonds. The van der Waals surface area contributed by atoms with Crippen LogP contribution in [0.5, 0.6) is 0 Å². The van der Waals surface area contributed by atoms with E-state index in [4.69, 9.17) is 4.74 Å².